The molecule has 8 nitrogen and oxygen atoms in total. The van der Waals surface area contributed by atoms with E-state index in [0.717, 1.165) is 5.56 Å². The molecule has 1 N–H and O–H groups in total. The lowest BCUT2D eigenvalue weighted by molar-refractivity contribution is -0.383. The standard InChI is InChI=1S/C24H17BrClN3O5/c1-33-22-12-15(11-18(25)23(22)34-14-16-6-2-3-7-19(16)26)10-17(13-27)24(30)28-20-8-4-5-9-21(20)29(31)32/h2-12H,14H2,1H3,(H,28,30)/b17-10-. The van der Waals surface area contributed by atoms with Gasteiger partial charge in [-0.3, -0.25) is 14.9 Å². The first-order valence-electron chi connectivity index (χ1n) is 9.74. The number of carbonyl (C=O) groups is 1. The third-order valence-electron chi connectivity index (χ3n) is 4.61. The predicted molar refractivity (Wildman–Crippen MR) is 132 cm³/mol. The van der Waals surface area contributed by atoms with Gasteiger partial charge in [-0.05, 0) is 51.8 Å². The van der Waals surface area contributed by atoms with Gasteiger partial charge in [-0.15, -0.1) is 0 Å². The minimum atomic E-state index is -0.786. The van der Waals surface area contributed by atoms with Crippen LogP contribution in [0.5, 0.6) is 11.5 Å². The highest BCUT2D eigenvalue weighted by atomic mass is 79.9. The number of hydrogen-bond donors (Lipinski definition) is 1. The lowest BCUT2D eigenvalue weighted by Gasteiger charge is -2.14. The van der Waals surface area contributed by atoms with E-state index < -0.39 is 10.8 Å². The van der Waals surface area contributed by atoms with Crippen LogP contribution < -0.4 is 14.8 Å². The number of ether oxygens (including phenoxy) is 2. The molecule has 0 saturated heterocycles. The number of carbonyl (C=O) groups excluding carboxylic acids is 1. The molecule has 0 spiro atoms. The number of hydrogen-bond acceptors (Lipinski definition) is 6. The zero-order valence-corrected chi connectivity index (χ0v) is 20.1. The number of halogens is 2. The van der Waals surface area contributed by atoms with Gasteiger partial charge < -0.3 is 14.8 Å². The van der Waals surface area contributed by atoms with Crippen molar-refractivity contribution in [3.8, 4) is 17.6 Å². The van der Waals surface area contributed by atoms with Crippen LogP contribution in [0.15, 0.2) is 70.7 Å². The number of nitrogens with zero attached hydrogens (tertiary/aromatic N) is 2. The van der Waals surface area contributed by atoms with Crippen LogP contribution in [-0.2, 0) is 11.4 Å². The number of anilines is 1. The normalized spacial score (nSPS) is 10.8. The van der Waals surface area contributed by atoms with Crippen LogP contribution in [0, 0.1) is 21.4 Å². The fraction of sp³-hybridized carbons (Fsp3) is 0.0833. The Labute approximate surface area is 208 Å². The zero-order chi connectivity index (χ0) is 24.7. The van der Waals surface area contributed by atoms with Gasteiger partial charge in [-0.25, -0.2) is 0 Å². The van der Waals surface area contributed by atoms with Crippen molar-refractivity contribution in [2.24, 2.45) is 0 Å². The maximum atomic E-state index is 12.6. The highest BCUT2D eigenvalue weighted by Crippen LogP contribution is 2.38. The molecule has 172 valence electrons. The monoisotopic (exact) mass is 541 g/mol. The smallest absolute Gasteiger partial charge is 0.292 e. The highest BCUT2D eigenvalue weighted by Gasteiger charge is 2.18. The molecule has 1 amide bonds. The number of para-hydroxylation sites is 2. The predicted octanol–water partition coefficient (Wildman–Crippen LogP) is 6.14. The van der Waals surface area contributed by atoms with Crippen LogP contribution in [0.2, 0.25) is 5.02 Å². The SMILES string of the molecule is COc1cc(/C=C(/C#N)C(=O)Nc2ccccc2[N+](=O)[O-])cc(Br)c1OCc1ccccc1Cl. The second-order valence-electron chi connectivity index (χ2n) is 6.81. The summed E-state index contributed by atoms with van der Waals surface area (Å²) in [7, 11) is 1.46. The van der Waals surface area contributed by atoms with Gasteiger partial charge in [0.15, 0.2) is 11.5 Å². The van der Waals surface area contributed by atoms with E-state index in [0.29, 0.717) is 26.6 Å². The summed E-state index contributed by atoms with van der Waals surface area (Å²) in [6.07, 6.45) is 1.34. The molecule has 0 aliphatic carbocycles. The van der Waals surface area contributed by atoms with Crippen LogP contribution in [0.1, 0.15) is 11.1 Å². The molecule has 0 aliphatic rings. The van der Waals surface area contributed by atoms with Crippen molar-refractivity contribution in [1.29, 1.82) is 5.26 Å². The lowest BCUT2D eigenvalue weighted by atomic mass is 10.1. The van der Waals surface area contributed by atoms with Crippen LogP contribution >= 0.6 is 27.5 Å². The van der Waals surface area contributed by atoms with Crippen LogP contribution in [0.3, 0.4) is 0 Å². The summed E-state index contributed by atoms with van der Waals surface area (Å²) < 4.78 is 11.8. The summed E-state index contributed by atoms with van der Waals surface area (Å²) in [6.45, 7) is 0.200. The van der Waals surface area contributed by atoms with Crippen molar-refractivity contribution >= 4 is 50.9 Å². The van der Waals surface area contributed by atoms with Gasteiger partial charge in [-0.1, -0.05) is 41.9 Å². The average Bonchev–Trinajstić information content (AvgIpc) is 2.82. The number of methoxy groups -OCH3 is 1. The molecule has 3 aromatic rings. The molecule has 0 fully saturated rings. The molecule has 0 radical (unpaired) electrons. The van der Waals surface area contributed by atoms with Crippen molar-refractivity contribution in [2.45, 2.75) is 6.61 Å². The molecule has 0 aromatic heterocycles. The Kier molecular flexibility index (Phi) is 8.24. The molecular weight excluding hydrogens is 526 g/mol. The molecule has 0 atom stereocenters. The summed E-state index contributed by atoms with van der Waals surface area (Å²) in [5.74, 6) is -0.00236. The summed E-state index contributed by atoms with van der Waals surface area (Å²) in [6, 6.07) is 18.0. The van der Waals surface area contributed by atoms with E-state index in [1.54, 1.807) is 24.3 Å². The molecule has 34 heavy (non-hydrogen) atoms. The number of rotatable bonds is 8. The first-order valence-corrected chi connectivity index (χ1v) is 10.9. The fourth-order valence-corrected chi connectivity index (χ4v) is 3.74. The van der Waals surface area contributed by atoms with E-state index in [-0.39, 0.29) is 23.6 Å². The van der Waals surface area contributed by atoms with E-state index in [1.165, 1.54) is 31.4 Å². The first kappa shape index (κ1) is 24.8. The van der Waals surface area contributed by atoms with Crippen molar-refractivity contribution in [1.82, 2.24) is 0 Å². The van der Waals surface area contributed by atoms with E-state index in [4.69, 9.17) is 21.1 Å². The Morgan fingerprint density at radius 1 is 1.24 bits per heavy atom. The third-order valence-corrected chi connectivity index (χ3v) is 5.56. The largest absolute Gasteiger partial charge is 0.493 e. The van der Waals surface area contributed by atoms with Crippen LogP contribution in [0.25, 0.3) is 6.08 Å². The molecule has 3 aromatic carbocycles. The minimum absolute atomic E-state index is 0.0132. The molecule has 0 bridgehead atoms. The zero-order valence-electron chi connectivity index (χ0n) is 17.7. The van der Waals surface area contributed by atoms with E-state index in [1.807, 2.05) is 24.3 Å². The number of nitrogens with one attached hydrogen (secondary N) is 1. The number of amides is 1. The third kappa shape index (κ3) is 5.92. The van der Waals surface area contributed by atoms with Crippen LogP contribution in [0.4, 0.5) is 11.4 Å². The molecule has 0 aliphatic heterocycles. The van der Waals surface area contributed by atoms with Gasteiger partial charge in [0, 0.05) is 16.7 Å². The molecular formula is C24H17BrClN3O5. The lowest BCUT2D eigenvalue weighted by Crippen LogP contribution is -2.14. The fourth-order valence-electron chi connectivity index (χ4n) is 2.97. The summed E-state index contributed by atoms with van der Waals surface area (Å²) in [4.78, 5) is 23.2. The summed E-state index contributed by atoms with van der Waals surface area (Å²) in [5.41, 5.74) is 0.721. The van der Waals surface area contributed by atoms with Gasteiger partial charge in [0.05, 0.1) is 16.5 Å². The number of nitro groups is 1. The van der Waals surface area contributed by atoms with Gasteiger partial charge in [0.25, 0.3) is 11.6 Å². The summed E-state index contributed by atoms with van der Waals surface area (Å²) >= 11 is 9.61. The van der Waals surface area contributed by atoms with Crippen LogP contribution in [-0.4, -0.2) is 17.9 Å². The Bertz CT molecular complexity index is 1320. The Morgan fingerprint density at radius 2 is 1.94 bits per heavy atom. The first-order chi connectivity index (χ1) is 16.3. The Balaban J connectivity index is 1.85. The topological polar surface area (TPSA) is 114 Å². The second kappa shape index (κ2) is 11.3. The van der Waals surface area contributed by atoms with Gasteiger partial charge >= 0.3 is 0 Å². The average molecular weight is 543 g/mol. The van der Waals surface area contributed by atoms with Gasteiger partial charge in [-0.2, -0.15) is 5.26 Å². The van der Waals surface area contributed by atoms with Crippen molar-refractivity contribution in [3.05, 3.63) is 97.0 Å². The van der Waals surface area contributed by atoms with Crippen molar-refractivity contribution in [3.63, 3.8) is 0 Å². The quantitative estimate of drug-likeness (QED) is 0.158. The van der Waals surface area contributed by atoms with Gasteiger partial charge in [0.2, 0.25) is 0 Å². The Hall–Kier alpha value is -3.87. The number of benzene rings is 3. The van der Waals surface area contributed by atoms with E-state index in [2.05, 4.69) is 21.2 Å². The van der Waals surface area contributed by atoms with E-state index in [9.17, 15) is 20.2 Å². The van der Waals surface area contributed by atoms with Crippen molar-refractivity contribution in [2.75, 3.05) is 12.4 Å². The Morgan fingerprint density at radius 3 is 2.62 bits per heavy atom. The van der Waals surface area contributed by atoms with Crippen molar-refractivity contribution < 1.29 is 19.2 Å². The molecule has 0 heterocycles. The summed E-state index contributed by atoms with van der Waals surface area (Å²) in [5, 5.41) is 23.7. The maximum absolute atomic E-state index is 12.6. The number of nitro benzene ring substituents is 1. The highest BCUT2D eigenvalue weighted by molar-refractivity contribution is 9.10. The number of nitriles is 1. The minimum Gasteiger partial charge on any atom is -0.493 e. The molecule has 0 unspecified atom stereocenters. The van der Waals surface area contributed by atoms with Gasteiger partial charge in [0.1, 0.15) is 23.9 Å². The molecule has 0 saturated carbocycles. The molecule has 3 rings (SSSR count). The second-order valence-corrected chi connectivity index (χ2v) is 8.07. The maximum Gasteiger partial charge on any atom is 0.292 e. The van der Waals surface area contributed by atoms with E-state index >= 15 is 0 Å². The molecule has 10 heteroatoms.